The minimum atomic E-state index is -1.08. The molecule has 3 aromatic rings. The standard InChI is InChI=1S/C28H34N4O3/c1-4-35-24-16-10-6-12-20(24)17-32-26(33)25-29-22-14-8-9-15-23(22)31(25)18-28(32,3)27(34)30-21-13-7-5-11-19(21)2/h6,8-10,12,14-16,19,21H,4-5,7,11,13,17-18H2,1-3H3,(H,30,34)/t19-,21+,28-/m1/s1. The van der Waals surface area contributed by atoms with Crippen molar-refractivity contribution < 1.29 is 14.3 Å². The average molecular weight is 475 g/mol. The minimum Gasteiger partial charge on any atom is -0.494 e. The number of imidazole rings is 1. The van der Waals surface area contributed by atoms with E-state index < -0.39 is 5.54 Å². The van der Waals surface area contributed by atoms with E-state index >= 15 is 0 Å². The number of carbonyl (C=O) groups excluding carboxylic acids is 2. The number of nitrogens with one attached hydrogen (secondary N) is 1. The number of benzene rings is 2. The Morgan fingerprint density at radius 3 is 2.69 bits per heavy atom. The second-order valence-electron chi connectivity index (χ2n) is 10.1. The molecule has 0 spiro atoms. The van der Waals surface area contributed by atoms with Crippen LogP contribution in [0.3, 0.4) is 0 Å². The van der Waals surface area contributed by atoms with Crippen molar-refractivity contribution in [2.24, 2.45) is 5.92 Å². The van der Waals surface area contributed by atoms with Gasteiger partial charge in [-0.05, 0) is 50.8 Å². The summed E-state index contributed by atoms with van der Waals surface area (Å²) in [7, 11) is 0. The van der Waals surface area contributed by atoms with Crippen LogP contribution in [0, 0.1) is 5.92 Å². The number of nitrogens with zero attached hydrogens (tertiary/aromatic N) is 3. The smallest absolute Gasteiger partial charge is 0.291 e. The largest absolute Gasteiger partial charge is 0.494 e. The van der Waals surface area contributed by atoms with Crippen molar-refractivity contribution in [1.82, 2.24) is 19.8 Å². The zero-order valence-electron chi connectivity index (χ0n) is 20.8. The van der Waals surface area contributed by atoms with Crippen molar-refractivity contribution in [2.75, 3.05) is 6.61 Å². The highest BCUT2D eigenvalue weighted by Crippen LogP contribution is 2.34. The number of hydrogen-bond acceptors (Lipinski definition) is 4. The van der Waals surface area contributed by atoms with E-state index in [9.17, 15) is 9.59 Å². The van der Waals surface area contributed by atoms with Crippen molar-refractivity contribution in [3.63, 3.8) is 0 Å². The van der Waals surface area contributed by atoms with Crippen LogP contribution in [0.2, 0.25) is 0 Å². The van der Waals surface area contributed by atoms with Crippen molar-refractivity contribution >= 4 is 22.8 Å². The Labute approximate surface area is 206 Å². The molecular weight excluding hydrogens is 440 g/mol. The molecule has 35 heavy (non-hydrogen) atoms. The van der Waals surface area contributed by atoms with Gasteiger partial charge in [-0.2, -0.15) is 0 Å². The van der Waals surface area contributed by atoms with E-state index in [1.807, 2.05) is 66.9 Å². The zero-order chi connectivity index (χ0) is 24.6. The molecule has 7 nitrogen and oxygen atoms in total. The van der Waals surface area contributed by atoms with Crippen LogP contribution in [0.15, 0.2) is 48.5 Å². The van der Waals surface area contributed by atoms with Crippen LogP contribution in [0.4, 0.5) is 0 Å². The van der Waals surface area contributed by atoms with E-state index in [0.29, 0.717) is 24.9 Å². The number of hydrogen-bond donors (Lipinski definition) is 1. The Kier molecular flexibility index (Phi) is 6.26. The summed E-state index contributed by atoms with van der Waals surface area (Å²) in [5, 5.41) is 3.33. The lowest BCUT2D eigenvalue weighted by Gasteiger charge is -2.45. The average Bonchev–Trinajstić information content (AvgIpc) is 3.23. The van der Waals surface area contributed by atoms with Crippen LogP contribution in [-0.4, -0.2) is 44.5 Å². The van der Waals surface area contributed by atoms with Gasteiger partial charge < -0.3 is 19.5 Å². The van der Waals surface area contributed by atoms with Gasteiger partial charge in [-0.25, -0.2) is 4.98 Å². The maximum absolute atomic E-state index is 14.0. The van der Waals surface area contributed by atoms with Gasteiger partial charge in [-0.15, -0.1) is 0 Å². The summed E-state index contributed by atoms with van der Waals surface area (Å²) in [6.07, 6.45) is 4.41. The molecule has 0 saturated heterocycles. The van der Waals surface area contributed by atoms with Gasteiger partial charge in [0, 0.05) is 11.6 Å². The minimum absolute atomic E-state index is 0.109. The van der Waals surface area contributed by atoms with Gasteiger partial charge in [0.1, 0.15) is 11.3 Å². The Bertz CT molecular complexity index is 1250. The highest BCUT2D eigenvalue weighted by atomic mass is 16.5. The Morgan fingerprint density at radius 1 is 1.14 bits per heavy atom. The molecule has 0 bridgehead atoms. The van der Waals surface area contributed by atoms with Crippen LogP contribution in [0.5, 0.6) is 5.75 Å². The normalized spacial score (nSPS) is 24.3. The fourth-order valence-corrected chi connectivity index (χ4v) is 5.53. The SMILES string of the molecule is CCOc1ccccc1CN1C(=O)c2nc3ccccc3n2C[C@]1(C)C(=O)N[C@H]1CCCC[C@H]1C. The van der Waals surface area contributed by atoms with E-state index in [2.05, 4.69) is 17.2 Å². The number of ether oxygens (including phenoxy) is 1. The molecule has 1 aliphatic carbocycles. The van der Waals surface area contributed by atoms with Crippen LogP contribution in [-0.2, 0) is 17.9 Å². The molecular formula is C28H34N4O3. The lowest BCUT2D eigenvalue weighted by Crippen LogP contribution is -2.65. The number of carbonyl (C=O) groups is 2. The van der Waals surface area contributed by atoms with E-state index in [1.165, 1.54) is 6.42 Å². The van der Waals surface area contributed by atoms with Crippen LogP contribution in [0.1, 0.15) is 62.6 Å². The Balaban J connectivity index is 1.56. The summed E-state index contributed by atoms with van der Waals surface area (Å²) in [6, 6.07) is 15.6. The third kappa shape index (κ3) is 4.17. The summed E-state index contributed by atoms with van der Waals surface area (Å²) >= 11 is 0. The predicted molar refractivity (Wildman–Crippen MR) is 135 cm³/mol. The maximum atomic E-state index is 14.0. The molecule has 2 aromatic carbocycles. The summed E-state index contributed by atoms with van der Waals surface area (Å²) in [5.41, 5.74) is 1.42. The van der Waals surface area contributed by atoms with Crippen LogP contribution < -0.4 is 10.1 Å². The van der Waals surface area contributed by atoms with Gasteiger partial charge in [0.15, 0.2) is 5.82 Å². The number of para-hydroxylation sites is 3. The fourth-order valence-electron chi connectivity index (χ4n) is 5.53. The molecule has 3 atom stereocenters. The highest BCUT2D eigenvalue weighted by molar-refractivity contribution is 6.01. The van der Waals surface area contributed by atoms with Gasteiger partial charge in [0.05, 0.1) is 30.7 Å². The first-order chi connectivity index (χ1) is 16.9. The van der Waals surface area contributed by atoms with Crippen LogP contribution in [0.25, 0.3) is 11.0 Å². The predicted octanol–water partition coefficient (Wildman–Crippen LogP) is 4.54. The molecule has 0 unspecified atom stereocenters. The van der Waals surface area contributed by atoms with E-state index in [1.54, 1.807) is 4.90 Å². The summed E-state index contributed by atoms with van der Waals surface area (Å²) in [6.45, 7) is 7.16. The van der Waals surface area contributed by atoms with Crippen molar-refractivity contribution in [1.29, 1.82) is 0 Å². The van der Waals surface area contributed by atoms with Gasteiger partial charge in [0.25, 0.3) is 5.91 Å². The third-order valence-corrected chi connectivity index (χ3v) is 7.67. The summed E-state index contributed by atoms with van der Waals surface area (Å²) < 4.78 is 7.75. The van der Waals surface area contributed by atoms with E-state index in [0.717, 1.165) is 41.6 Å². The molecule has 0 radical (unpaired) electrons. The first-order valence-corrected chi connectivity index (χ1v) is 12.7. The fraction of sp³-hybridized carbons (Fsp3) is 0.464. The molecule has 7 heteroatoms. The second-order valence-corrected chi connectivity index (χ2v) is 10.1. The third-order valence-electron chi connectivity index (χ3n) is 7.67. The molecule has 1 fully saturated rings. The quantitative estimate of drug-likeness (QED) is 0.569. The monoisotopic (exact) mass is 474 g/mol. The van der Waals surface area contributed by atoms with E-state index in [-0.39, 0.29) is 24.4 Å². The van der Waals surface area contributed by atoms with Crippen molar-refractivity contribution in [3.8, 4) is 5.75 Å². The highest BCUT2D eigenvalue weighted by Gasteiger charge is 2.49. The Hall–Kier alpha value is -3.35. The van der Waals surface area contributed by atoms with Gasteiger partial charge in [-0.3, -0.25) is 9.59 Å². The van der Waals surface area contributed by atoms with Crippen LogP contribution >= 0.6 is 0 Å². The second kappa shape index (κ2) is 9.36. The topological polar surface area (TPSA) is 76.5 Å². The molecule has 1 N–H and O–H groups in total. The van der Waals surface area contributed by atoms with Gasteiger partial charge in [-0.1, -0.05) is 50.1 Å². The first-order valence-electron chi connectivity index (χ1n) is 12.7. The summed E-state index contributed by atoms with van der Waals surface area (Å²) in [4.78, 5) is 34.3. The Morgan fingerprint density at radius 2 is 1.89 bits per heavy atom. The van der Waals surface area contributed by atoms with Gasteiger partial charge >= 0.3 is 0 Å². The summed E-state index contributed by atoms with van der Waals surface area (Å²) in [5.74, 6) is 1.17. The number of amides is 2. The molecule has 2 amide bonds. The number of fused-ring (bicyclic) bond motifs is 3. The van der Waals surface area contributed by atoms with Crippen molar-refractivity contribution in [3.05, 3.63) is 59.9 Å². The number of aromatic nitrogens is 2. The molecule has 1 saturated carbocycles. The lowest BCUT2D eigenvalue weighted by molar-refractivity contribution is -0.134. The molecule has 2 aliphatic rings. The molecule has 1 aromatic heterocycles. The molecule has 1 aliphatic heterocycles. The first kappa shape index (κ1) is 23.4. The van der Waals surface area contributed by atoms with Gasteiger partial charge in [0.2, 0.25) is 5.91 Å². The molecule has 184 valence electrons. The maximum Gasteiger partial charge on any atom is 0.291 e. The molecule has 5 rings (SSSR count). The molecule has 2 heterocycles. The zero-order valence-corrected chi connectivity index (χ0v) is 20.8. The number of rotatable bonds is 6. The lowest BCUT2D eigenvalue weighted by atomic mass is 9.85. The van der Waals surface area contributed by atoms with Crippen molar-refractivity contribution in [2.45, 2.75) is 71.1 Å². The van der Waals surface area contributed by atoms with E-state index in [4.69, 9.17) is 4.74 Å².